The summed E-state index contributed by atoms with van der Waals surface area (Å²) in [6.45, 7) is 5.76. The summed E-state index contributed by atoms with van der Waals surface area (Å²) in [7, 11) is 0. The lowest BCUT2D eigenvalue weighted by Crippen LogP contribution is -2.41. The Hall–Kier alpha value is -2.82. The minimum absolute atomic E-state index is 0.0565. The maximum atomic E-state index is 13.6. The predicted octanol–water partition coefficient (Wildman–Crippen LogP) is 2.13. The maximum absolute atomic E-state index is 13.6. The Labute approximate surface area is 197 Å². The molecule has 2 aromatic rings. The van der Waals surface area contributed by atoms with Gasteiger partial charge in [0.1, 0.15) is 5.82 Å². The largest absolute Gasteiger partial charge is 0.481 e. The smallest absolute Gasteiger partial charge is 0.305 e. The van der Waals surface area contributed by atoms with Gasteiger partial charge in [-0.15, -0.1) is 0 Å². The summed E-state index contributed by atoms with van der Waals surface area (Å²) >= 11 is 0. The summed E-state index contributed by atoms with van der Waals surface area (Å²) in [5.41, 5.74) is 2.36. The molecule has 0 aliphatic carbocycles. The Balaban J connectivity index is 1.94. The molecule has 9 nitrogen and oxygen atoms in total. The van der Waals surface area contributed by atoms with E-state index < -0.39 is 30.4 Å². The second kappa shape index (κ2) is 11.5. The number of morpholine rings is 1. The van der Waals surface area contributed by atoms with Gasteiger partial charge in [0.15, 0.2) is 5.69 Å². The summed E-state index contributed by atoms with van der Waals surface area (Å²) in [5.74, 6) is -1.79. The fourth-order valence-electron chi connectivity index (χ4n) is 4.20. The summed E-state index contributed by atoms with van der Waals surface area (Å²) < 4.78 is 20.5. The van der Waals surface area contributed by atoms with Crippen LogP contribution < -0.4 is 0 Å². The topological polar surface area (TPSA) is 125 Å². The van der Waals surface area contributed by atoms with Crippen molar-refractivity contribution in [3.63, 3.8) is 0 Å². The number of amides is 1. The van der Waals surface area contributed by atoms with E-state index in [-0.39, 0.29) is 24.7 Å². The van der Waals surface area contributed by atoms with Crippen LogP contribution in [0.5, 0.6) is 0 Å². The molecule has 1 amide bonds. The van der Waals surface area contributed by atoms with Crippen LogP contribution in [0, 0.1) is 5.82 Å². The average Bonchev–Trinajstić information content (AvgIpc) is 3.17. The van der Waals surface area contributed by atoms with E-state index >= 15 is 0 Å². The first-order valence-electron chi connectivity index (χ1n) is 11.5. The lowest BCUT2D eigenvalue weighted by molar-refractivity contribution is -0.139. The summed E-state index contributed by atoms with van der Waals surface area (Å²) in [4.78, 5) is 25.8. The first-order valence-corrected chi connectivity index (χ1v) is 11.5. The Morgan fingerprint density at radius 3 is 2.35 bits per heavy atom. The first kappa shape index (κ1) is 25.8. The number of halogens is 1. The molecule has 34 heavy (non-hydrogen) atoms. The van der Waals surface area contributed by atoms with Gasteiger partial charge in [-0.2, -0.15) is 5.10 Å². The third-order valence-corrected chi connectivity index (χ3v) is 5.84. The molecule has 0 saturated carbocycles. The van der Waals surface area contributed by atoms with Crippen LogP contribution in [0.1, 0.15) is 60.8 Å². The quantitative estimate of drug-likeness (QED) is 0.479. The van der Waals surface area contributed by atoms with Crippen molar-refractivity contribution in [2.24, 2.45) is 0 Å². The van der Waals surface area contributed by atoms with E-state index in [2.05, 4.69) is 5.10 Å². The summed E-state index contributed by atoms with van der Waals surface area (Å²) in [6, 6.07) is 5.78. The highest BCUT2D eigenvalue weighted by atomic mass is 19.1. The van der Waals surface area contributed by atoms with Crippen molar-refractivity contribution in [1.29, 1.82) is 0 Å². The Kier molecular flexibility index (Phi) is 8.76. The molecule has 0 unspecified atom stereocenters. The molecule has 0 radical (unpaired) electrons. The molecule has 2 heterocycles. The third kappa shape index (κ3) is 6.40. The number of ether oxygens (including phenoxy) is 1. The van der Waals surface area contributed by atoms with Crippen LogP contribution >= 0.6 is 0 Å². The highest BCUT2D eigenvalue weighted by molar-refractivity contribution is 5.94. The molecule has 0 spiro atoms. The number of rotatable bonds is 10. The number of aliphatic carboxylic acids is 1. The van der Waals surface area contributed by atoms with Gasteiger partial charge in [0.05, 0.1) is 37.5 Å². The highest BCUT2D eigenvalue weighted by Crippen LogP contribution is 2.29. The van der Waals surface area contributed by atoms with Crippen LogP contribution in [-0.2, 0) is 16.0 Å². The number of nitrogens with zero attached hydrogens (tertiary/aromatic N) is 3. The van der Waals surface area contributed by atoms with E-state index in [1.165, 1.54) is 12.1 Å². The first-order chi connectivity index (χ1) is 16.2. The number of carboxylic acids is 1. The molecule has 1 aliphatic heterocycles. The van der Waals surface area contributed by atoms with Crippen LogP contribution in [0.2, 0.25) is 0 Å². The number of benzene rings is 1. The molecule has 1 fully saturated rings. The molecule has 1 aliphatic rings. The SMILES string of the molecule is CC(C)c1c(C(=O)N2CCOCC2)nn(-c2ccc(F)cc2)c1CC[C@@H](O)C[C@@H](O)CC(=O)O. The van der Waals surface area contributed by atoms with Crippen molar-refractivity contribution in [2.75, 3.05) is 26.3 Å². The van der Waals surface area contributed by atoms with Crippen LogP contribution in [0.25, 0.3) is 5.69 Å². The van der Waals surface area contributed by atoms with Gasteiger partial charge in [-0.25, -0.2) is 9.07 Å². The second-order valence-corrected chi connectivity index (χ2v) is 8.84. The zero-order chi connectivity index (χ0) is 24.8. The summed E-state index contributed by atoms with van der Waals surface area (Å²) in [5, 5.41) is 33.7. The predicted molar refractivity (Wildman–Crippen MR) is 122 cm³/mol. The minimum atomic E-state index is -1.16. The Morgan fingerprint density at radius 2 is 1.76 bits per heavy atom. The number of hydrogen-bond acceptors (Lipinski definition) is 6. The molecule has 1 saturated heterocycles. The van der Waals surface area contributed by atoms with Gasteiger partial charge >= 0.3 is 5.97 Å². The van der Waals surface area contributed by atoms with E-state index in [1.54, 1.807) is 21.7 Å². The second-order valence-electron chi connectivity index (χ2n) is 8.84. The standard InChI is InChI=1S/C24H32FN3O6/c1-15(2)22-20(8-7-18(29)13-19(30)14-21(31)32)28(17-5-3-16(25)4-6-17)26-23(22)24(33)27-9-11-34-12-10-27/h3-6,15,18-19,29-30H,7-14H2,1-2H3,(H,31,32)/t18-,19-/m1/s1. The molecule has 186 valence electrons. The molecule has 2 atom stereocenters. The van der Waals surface area contributed by atoms with E-state index in [0.29, 0.717) is 49.8 Å². The molecule has 3 N–H and O–H groups in total. The Morgan fingerprint density at radius 1 is 1.12 bits per heavy atom. The number of hydrogen-bond donors (Lipinski definition) is 3. The van der Waals surface area contributed by atoms with Gasteiger partial charge < -0.3 is 25.0 Å². The van der Waals surface area contributed by atoms with Crippen LogP contribution in [0.15, 0.2) is 24.3 Å². The molecule has 3 rings (SSSR count). The van der Waals surface area contributed by atoms with E-state index in [1.807, 2.05) is 13.8 Å². The normalized spacial score (nSPS) is 16.0. The fourth-order valence-corrected chi connectivity index (χ4v) is 4.20. The lowest BCUT2D eigenvalue weighted by atomic mass is 9.95. The number of carbonyl (C=O) groups excluding carboxylic acids is 1. The van der Waals surface area contributed by atoms with Crippen molar-refractivity contribution in [3.05, 3.63) is 47.0 Å². The summed E-state index contributed by atoms with van der Waals surface area (Å²) in [6.07, 6.45) is -2.06. The zero-order valence-corrected chi connectivity index (χ0v) is 19.5. The number of carboxylic acid groups (broad SMARTS) is 1. The molecular weight excluding hydrogens is 445 g/mol. The van der Waals surface area contributed by atoms with Gasteiger partial charge in [0.25, 0.3) is 5.91 Å². The van der Waals surface area contributed by atoms with Crippen molar-refractivity contribution >= 4 is 11.9 Å². The van der Waals surface area contributed by atoms with Crippen LogP contribution in [0.3, 0.4) is 0 Å². The Bertz CT molecular complexity index is 985. The maximum Gasteiger partial charge on any atom is 0.305 e. The molecule has 10 heteroatoms. The van der Waals surface area contributed by atoms with Crippen LogP contribution in [-0.4, -0.2) is 80.4 Å². The van der Waals surface area contributed by atoms with E-state index in [9.17, 15) is 24.2 Å². The molecular formula is C24H32FN3O6. The van der Waals surface area contributed by atoms with E-state index in [4.69, 9.17) is 9.84 Å². The van der Waals surface area contributed by atoms with Crippen molar-refractivity contribution in [2.45, 2.75) is 57.7 Å². The number of aromatic nitrogens is 2. The van der Waals surface area contributed by atoms with Gasteiger partial charge in [-0.1, -0.05) is 13.8 Å². The number of aliphatic hydroxyl groups is 2. The minimum Gasteiger partial charge on any atom is -0.481 e. The van der Waals surface area contributed by atoms with Crippen molar-refractivity contribution < 1.29 is 34.0 Å². The molecule has 1 aromatic carbocycles. The molecule has 1 aromatic heterocycles. The zero-order valence-electron chi connectivity index (χ0n) is 19.5. The van der Waals surface area contributed by atoms with Gasteiger partial charge in [0, 0.05) is 24.3 Å². The molecule has 0 bridgehead atoms. The van der Waals surface area contributed by atoms with E-state index in [0.717, 1.165) is 5.56 Å². The van der Waals surface area contributed by atoms with Gasteiger partial charge in [-0.05, 0) is 49.4 Å². The van der Waals surface area contributed by atoms with Crippen molar-refractivity contribution in [1.82, 2.24) is 14.7 Å². The lowest BCUT2D eigenvalue weighted by Gasteiger charge is -2.26. The van der Waals surface area contributed by atoms with Crippen molar-refractivity contribution in [3.8, 4) is 5.69 Å². The average molecular weight is 478 g/mol. The van der Waals surface area contributed by atoms with Crippen LogP contribution in [0.4, 0.5) is 4.39 Å². The van der Waals surface area contributed by atoms with Gasteiger partial charge in [0.2, 0.25) is 0 Å². The number of aliphatic hydroxyl groups excluding tert-OH is 2. The highest BCUT2D eigenvalue weighted by Gasteiger charge is 2.30. The number of carbonyl (C=O) groups is 2. The fraction of sp³-hybridized carbons (Fsp3) is 0.542. The van der Waals surface area contributed by atoms with Gasteiger partial charge in [-0.3, -0.25) is 9.59 Å². The third-order valence-electron chi connectivity index (χ3n) is 5.84. The monoisotopic (exact) mass is 477 g/mol.